The van der Waals surface area contributed by atoms with Gasteiger partial charge in [0.25, 0.3) is 0 Å². The second kappa shape index (κ2) is 13.0. The van der Waals surface area contributed by atoms with Crippen LogP contribution in [0.3, 0.4) is 0 Å². The number of piperidine rings is 1. The number of likely N-dealkylation sites (tertiary alicyclic amines) is 1. The SMILES string of the molecule is CC/C=C\C=C/CC#CC(/C=C\CC1CCN(C)CC1)=C/CC. The molecule has 0 aromatic rings. The molecule has 1 nitrogen and oxygen atoms in total. The van der Waals surface area contributed by atoms with Crippen molar-refractivity contribution in [3.63, 3.8) is 0 Å². The van der Waals surface area contributed by atoms with Crippen molar-refractivity contribution in [2.45, 2.75) is 52.4 Å². The maximum atomic E-state index is 3.30. The number of rotatable bonds is 7. The molecule has 0 aromatic carbocycles. The Morgan fingerprint density at radius 3 is 2.48 bits per heavy atom. The summed E-state index contributed by atoms with van der Waals surface area (Å²) in [6, 6.07) is 0. The first-order valence-electron chi connectivity index (χ1n) is 9.12. The normalized spacial score (nSPS) is 18.1. The molecule has 1 aliphatic heterocycles. The van der Waals surface area contributed by atoms with Gasteiger partial charge in [-0.25, -0.2) is 0 Å². The van der Waals surface area contributed by atoms with E-state index in [1.165, 1.54) is 32.4 Å². The van der Waals surface area contributed by atoms with Crippen LogP contribution in [-0.2, 0) is 0 Å². The van der Waals surface area contributed by atoms with Crippen molar-refractivity contribution in [3.05, 3.63) is 48.1 Å². The molecular weight excluding hydrogens is 278 g/mol. The van der Waals surface area contributed by atoms with E-state index >= 15 is 0 Å². The van der Waals surface area contributed by atoms with Crippen molar-refractivity contribution in [1.29, 1.82) is 0 Å². The summed E-state index contributed by atoms with van der Waals surface area (Å²) in [6.07, 6.45) is 22.0. The third-order valence-electron chi connectivity index (χ3n) is 4.10. The van der Waals surface area contributed by atoms with Crippen LogP contribution in [0.1, 0.15) is 52.4 Å². The zero-order chi connectivity index (χ0) is 16.8. The van der Waals surface area contributed by atoms with E-state index in [0.29, 0.717) is 0 Å². The molecule has 1 heterocycles. The quantitative estimate of drug-likeness (QED) is 0.441. The third kappa shape index (κ3) is 9.97. The van der Waals surface area contributed by atoms with E-state index in [9.17, 15) is 0 Å². The van der Waals surface area contributed by atoms with Gasteiger partial charge in [-0.3, -0.25) is 0 Å². The van der Waals surface area contributed by atoms with E-state index in [-0.39, 0.29) is 0 Å². The molecule has 0 radical (unpaired) electrons. The monoisotopic (exact) mass is 311 g/mol. The van der Waals surface area contributed by atoms with E-state index in [4.69, 9.17) is 0 Å². The fourth-order valence-corrected chi connectivity index (χ4v) is 2.64. The molecule has 1 rings (SSSR count). The van der Waals surface area contributed by atoms with Crippen LogP contribution < -0.4 is 0 Å². The van der Waals surface area contributed by atoms with Gasteiger partial charge in [0.15, 0.2) is 0 Å². The Morgan fingerprint density at radius 1 is 1.04 bits per heavy atom. The number of nitrogens with zero attached hydrogens (tertiary/aromatic N) is 1. The van der Waals surface area contributed by atoms with Crippen molar-refractivity contribution in [3.8, 4) is 11.8 Å². The summed E-state index contributed by atoms with van der Waals surface area (Å²) in [5.74, 6) is 7.39. The smallest absolute Gasteiger partial charge is 0.0276 e. The van der Waals surface area contributed by atoms with E-state index in [0.717, 1.165) is 30.8 Å². The number of hydrogen-bond acceptors (Lipinski definition) is 1. The summed E-state index contributed by atoms with van der Waals surface area (Å²) in [4.78, 5) is 2.43. The summed E-state index contributed by atoms with van der Waals surface area (Å²) in [5, 5.41) is 0. The Labute approximate surface area is 143 Å². The molecule has 0 unspecified atom stereocenters. The first-order chi connectivity index (χ1) is 11.3. The van der Waals surface area contributed by atoms with Crippen LogP contribution in [-0.4, -0.2) is 25.0 Å². The Hall–Kier alpha value is -1.52. The lowest BCUT2D eigenvalue weighted by molar-refractivity contribution is 0.221. The molecule has 0 aromatic heterocycles. The first-order valence-corrected chi connectivity index (χ1v) is 9.12. The highest BCUT2D eigenvalue weighted by molar-refractivity contribution is 5.38. The maximum Gasteiger partial charge on any atom is 0.0276 e. The minimum absolute atomic E-state index is 0.817. The van der Waals surface area contributed by atoms with E-state index in [1.807, 2.05) is 0 Å². The van der Waals surface area contributed by atoms with E-state index < -0.39 is 0 Å². The predicted octanol–water partition coefficient (Wildman–Crippen LogP) is 5.53. The van der Waals surface area contributed by atoms with Crippen LogP contribution in [0.15, 0.2) is 48.1 Å². The molecule has 23 heavy (non-hydrogen) atoms. The highest BCUT2D eigenvalue weighted by Gasteiger charge is 2.14. The zero-order valence-corrected chi connectivity index (χ0v) is 15.2. The Kier molecular flexibility index (Phi) is 11.0. The molecule has 1 aliphatic rings. The number of hydrogen-bond donors (Lipinski definition) is 0. The summed E-state index contributed by atoms with van der Waals surface area (Å²) in [5.41, 5.74) is 1.16. The molecule has 0 amide bonds. The Bertz CT molecular complexity index is 474. The predicted molar refractivity (Wildman–Crippen MR) is 103 cm³/mol. The Balaban J connectivity index is 2.40. The molecular formula is C22H33N. The van der Waals surface area contributed by atoms with Crippen molar-refractivity contribution in [2.24, 2.45) is 5.92 Å². The van der Waals surface area contributed by atoms with Gasteiger partial charge in [0.1, 0.15) is 0 Å². The first kappa shape index (κ1) is 19.5. The van der Waals surface area contributed by atoms with Gasteiger partial charge in [0, 0.05) is 12.0 Å². The van der Waals surface area contributed by atoms with Gasteiger partial charge in [-0.05, 0) is 58.2 Å². The molecule has 1 saturated heterocycles. The van der Waals surface area contributed by atoms with Crippen LogP contribution >= 0.6 is 0 Å². The minimum atomic E-state index is 0.817. The molecule has 0 bridgehead atoms. The van der Waals surface area contributed by atoms with E-state index in [2.05, 4.69) is 80.2 Å². The lowest BCUT2D eigenvalue weighted by atomic mass is 9.93. The highest BCUT2D eigenvalue weighted by Crippen LogP contribution is 2.20. The number of allylic oxidation sites excluding steroid dienone is 8. The fraction of sp³-hybridized carbons (Fsp3) is 0.545. The summed E-state index contributed by atoms with van der Waals surface area (Å²) in [6.45, 7) is 6.80. The third-order valence-corrected chi connectivity index (χ3v) is 4.10. The van der Waals surface area contributed by atoms with E-state index in [1.54, 1.807) is 0 Å². The van der Waals surface area contributed by atoms with Gasteiger partial charge in [-0.15, -0.1) is 0 Å². The summed E-state index contributed by atoms with van der Waals surface area (Å²) in [7, 11) is 2.22. The lowest BCUT2D eigenvalue weighted by Gasteiger charge is -2.28. The largest absolute Gasteiger partial charge is 0.306 e. The standard InChI is InChI=1S/C22H33N/c1-4-6-7-8-9-10-11-14-21(13-5-2)15-12-16-22-17-19-23(3)20-18-22/h6-9,12-13,15,22H,4-5,10,16-20H2,1-3H3/b7-6-,9-8-,15-12-,21-13-. The molecule has 1 fully saturated rings. The van der Waals surface area contributed by atoms with Gasteiger partial charge < -0.3 is 4.90 Å². The van der Waals surface area contributed by atoms with Crippen LogP contribution in [0.5, 0.6) is 0 Å². The zero-order valence-electron chi connectivity index (χ0n) is 15.2. The van der Waals surface area contributed by atoms with Gasteiger partial charge in [0.2, 0.25) is 0 Å². The average Bonchev–Trinajstić information content (AvgIpc) is 2.56. The average molecular weight is 312 g/mol. The molecule has 0 saturated carbocycles. The van der Waals surface area contributed by atoms with Crippen molar-refractivity contribution >= 4 is 0 Å². The molecule has 1 heteroatoms. The van der Waals surface area contributed by atoms with Gasteiger partial charge in [-0.2, -0.15) is 0 Å². The lowest BCUT2D eigenvalue weighted by Crippen LogP contribution is -2.29. The van der Waals surface area contributed by atoms with Gasteiger partial charge >= 0.3 is 0 Å². The van der Waals surface area contributed by atoms with Crippen molar-refractivity contribution < 1.29 is 0 Å². The maximum absolute atomic E-state index is 3.30. The van der Waals surface area contributed by atoms with Crippen LogP contribution in [0, 0.1) is 17.8 Å². The molecule has 0 N–H and O–H groups in total. The highest BCUT2D eigenvalue weighted by atomic mass is 15.1. The minimum Gasteiger partial charge on any atom is -0.306 e. The molecule has 126 valence electrons. The fourth-order valence-electron chi connectivity index (χ4n) is 2.64. The van der Waals surface area contributed by atoms with Crippen LogP contribution in [0.25, 0.3) is 0 Å². The topological polar surface area (TPSA) is 3.24 Å². The second-order valence-corrected chi connectivity index (χ2v) is 6.22. The van der Waals surface area contributed by atoms with Crippen molar-refractivity contribution in [1.82, 2.24) is 4.90 Å². The molecule has 0 aliphatic carbocycles. The van der Waals surface area contributed by atoms with Gasteiger partial charge in [0.05, 0.1) is 0 Å². The summed E-state index contributed by atoms with van der Waals surface area (Å²) < 4.78 is 0. The van der Waals surface area contributed by atoms with Gasteiger partial charge in [-0.1, -0.05) is 68.2 Å². The van der Waals surface area contributed by atoms with Crippen LogP contribution in [0.2, 0.25) is 0 Å². The Morgan fingerprint density at radius 2 is 1.78 bits per heavy atom. The second-order valence-electron chi connectivity index (χ2n) is 6.22. The molecule has 0 atom stereocenters. The molecule has 0 spiro atoms. The van der Waals surface area contributed by atoms with Crippen molar-refractivity contribution in [2.75, 3.05) is 20.1 Å². The van der Waals surface area contributed by atoms with Crippen LogP contribution in [0.4, 0.5) is 0 Å². The summed E-state index contributed by atoms with van der Waals surface area (Å²) >= 11 is 0.